The van der Waals surface area contributed by atoms with E-state index in [0.717, 1.165) is 12.8 Å². The Kier molecular flexibility index (Phi) is 1.91. The monoisotopic (exact) mass is 181 g/mol. The number of methoxy groups -OCH3 is 1. The molecule has 2 bridgehead atoms. The smallest absolute Gasteiger partial charge is 0.310 e. The van der Waals surface area contributed by atoms with Gasteiger partial charge in [-0.1, -0.05) is 12.2 Å². The predicted octanol–water partition coefficient (Wildman–Crippen LogP) is 0.699. The number of carbonyl (C=O) groups excluding carboxylic acids is 1. The van der Waals surface area contributed by atoms with Gasteiger partial charge in [-0.05, 0) is 24.7 Å². The third-order valence-corrected chi connectivity index (χ3v) is 3.53. The second-order valence-corrected chi connectivity index (χ2v) is 3.99. The number of hydrogen-bond donors (Lipinski definition) is 1. The van der Waals surface area contributed by atoms with E-state index < -0.39 is 0 Å². The van der Waals surface area contributed by atoms with E-state index in [1.807, 2.05) is 0 Å². The minimum absolute atomic E-state index is 0.0568. The summed E-state index contributed by atoms with van der Waals surface area (Å²) < 4.78 is 4.75. The highest BCUT2D eigenvalue weighted by molar-refractivity contribution is 5.75. The lowest BCUT2D eigenvalue weighted by Gasteiger charge is -2.24. The van der Waals surface area contributed by atoms with Crippen molar-refractivity contribution < 1.29 is 9.53 Å². The summed E-state index contributed by atoms with van der Waals surface area (Å²) in [6, 6.07) is -0.0568. The Labute approximate surface area is 77.9 Å². The van der Waals surface area contributed by atoms with E-state index in [-0.39, 0.29) is 23.8 Å². The Bertz CT molecular complexity index is 262. The average molecular weight is 181 g/mol. The summed E-state index contributed by atoms with van der Waals surface area (Å²) in [6.45, 7) is 4.01. The molecule has 3 nitrogen and oxygen atoms in total. The number of fused-ring (bicyclic) bond motifs is 2. The number of hydrogen-bond acceptors (Lipinski definition) is 3. The van der Waals surface area contributed by atoms with Gasteiger partial charge < -0.3 is 10.5 Å². The third-order valence-electron chi connectivity index (χ3n) is 3.53. The van der Waals surface area contributed by atoms with Gasteiger partial charge in [0.25, 0.3) is 0 Å². The second kappa shape index (κ2) is 2.84. The van der Waals surface area contributed by atoms with Gasteiger partial charge in [-0.15, -0.1) is 0 Å². The largest absolute Gasteiger partial charge is 0.469 e. The lowest BCUT2D eigenvalue weighted by atomic mass is 9.85. The number of ether oxygens (including phenoxy) is 1. The van der Waals surface area contributed by atoms with Crippen LogP contribution in [0, 0.1) is 17.8 Å². The van der Waals surface area contributed by atoms with Crippen LogP contribution in [0.5, 0.6) is 0 Å². The standard InChI is InChI=1S/C10H15NO2/c1-5-6-3-4-7(5)9(11)8(6)10(12)13-2/h6-9H,1,3-4,11H2,2H3. The van der Waals surface area contributed by atoms with Gasteiger partial charge in [-0.3, -0.25) is 4.79 Å². The maximum absolute atomic E-state index is 11.4. The molecule has 2 saturated carbocycles. The van der Waals surface area contributed by atoms with Crippen molar-refractivity contribution in [1.29, 1.82) is 0 Å². The summed E-state index contributed by atoms with van der Waals surface area (Å²) in [6.07, 6.45) is 2.15. The molecule has 0 spiro atoms. The van der Waals surface area contributed by atoms with Crippen LogP contribution in [0.15, 0.2) is 12.2 Å². The van der Waals surface area contributed by atoms with E-state index in [1.54, 1.807) is 0 Å². The summed E-state index contributed by atoms with van der Waals surface area (Å²) >= 11 is 0. The first-order valence-corrected chi connectivity index (χ1v) is 4.69. The Morgan fingerprint density at radius 1 is 1.54 bits per heavy atom. The minimum Gasteiger partial charge on any atom is -0.469 e. The molecule has 4 atom stereocenters. The predicted molar refractivity (Wildman–Crippen MR) is 48.8 cm³/mol. The molecule has 0 radical (unpaired) electrons. The van der Waals surface area contributed by atoms with Crippen molar-refractivity contribution in [3.8, 4) is 0 Å². The van der Waals surface area contributed by atoms with Crippen LogP contribution in [0.4, 0.5) is 0 Å². The first-order chi connectivity index (χ1) is 6.16. The Hall–Kier alpha value is -0.830. The summed E-state index contributed by atoms with van der Waals surface area (Å²) in [5.41, 5.74) is 7.14. The van der Waals surface area contributed by atoms with E-state index >= 15 is 0 Å². The van der Waals surface area contributed by atoms with Gasteiger partial charge in [-0.25, -0.2) is 0 Å². The van der Waals surface area contributed by atoms with Crippen molar-refractivity contribution in [2.24, 2.45) is 23.5 Å². The Morgan fingerprint density at radius 3 is 2.62 bits per heavy atom. The molecule has 0 heterocycles. The van der Waals surface area contributed by atoms with E-state index in [1.165, 1.54) is 12.7 Å². The lowest BCUT2D eigenvalue weighted by molar-refractivity contribution is -0.147. The van der Waals surface area contributed by atoms with Crippen molar-refractivity contribution in [3.05, 3.63) is 12.2 Å². The second-order valence-electron chi connectivity index (χ2n) is 3.99. The van der Waals surface area contributed by atoms with E-state index in [2.05, 4.69) is 6.58 Å². The molecular formula is C10H15NO2. The van der Waals surface area contributed by atoms with Crippen molar-refractivity contribution in [3.63, 3.8) is 0 Å². The van der Waals surface area contributed by atoms with E-state index in [0.29, 0.717) is 5.92 Å². The van der Waals surface area contributed by atoms with Crippen LogP contribution in [0.1, 0.15) is 12.8 Å². The molecule has 2 fully saturated rings. The maximum atomic E-state index is 11.4. The summed E-state index contributed by atoms with van der Waals surface area (Å²) in [4.78, 5) is 11.4. The fourth-order valence-corrected chi connectivity index (χ4v) is 2.83. The van der Waals surface area contributed by atoms with Crippen LogP contribution in [-0.2, 0) is 9.53 Å². The molecule has 2 rings (SSSR count). The average Bonchev–Trinajstić information content (AvgIpc) is 2.58. The first-order valence-electron chi connectivity index (χ1n) is 4.69. The lowest BCUT2D eigenvalue weighted by Crippen LogP contribution is -2.40. The van der Waals surface area contributed by atoms with Crippen LogP contribution in [0.2, 0.25) is 0 Å². The highest BCUT2D eigenvalue weighted by atomic mass is 16.5. The highest BCUT2D eigenvalue weighted by Gasteiger charge is 2.52. The number of rotatable bonds is 1. The molecule has 0 amide bonds. The van der Waals surface area contributed by atoms with E-state index in [9.17, 15) is 4.79 Å². The Balaban J connectivity index is 2.23. The molecule has 4 unspecified atom stereocenters. The fourth-order valence-electron chi connectivity index (χ4n) is 2.83. The molecule has 72 valence electrons. The molecule has 2 N–H and O–H groups in total. The van der Waals surface area contributed by atoms with Crippen LogP contribution in [-0.4, -0.2) is 19.1 Å². The van der Waals surface area contributed by atoms with Crippen LogP contribution < -0.4 is 5.73 Å². The zero-order valence-corrected chi connectivity index (χ0v) is 7.82. The van der Waals surface area contributed by atoms with Crippen molar-refractivity contribution in [2.45, 2.75) is 18.9 Å². The highest BCUT2D eigenvalue weighted by Crippen LogP contribution is 2.51. The molecule has 2 aliphatic rings. The van der Waals surface area contributed by atoms with Crippen LogP contribution in [0.25, 0.3) is 0 Å². The van der Waals surface area contributed by atoms with Crippen LogP contribution in [0.3, 0.4) is 0 Å². The van der Waals surface area contributed by atoms with Crippen molar-refractivity contribution >= 4 is 5.97 Å². The molecule has 0 aromatic rings. The van der Waals surface area contributed by atoms with Gasteiger partial charge in [0.05, 0.1) is 13.0 Å². The summed E-state index contributed by atoms with van der Waals surface area (Å²) in [7, 11) is 1.42. The molecule has 13 heavy (non-hydrogen) atoms. The van der Waals surface area contributed by atoms with Crippen molar-refractivity contribution in [2.75, 3.05) is 7.11 Å². The Morgan fingerprint density at radius 2 is 2.15 bits per heavy atom. The topological polar surface area (TPSA) is 52.3 Å². The van der Waals surface area contributed by atoms with Crippen LogP contribution >= 0.6 is 0 Å². The number of esters is 1. The molecule has 0 saturated heterocycles. The SMILES string of the molecule is C=C1C2CCC1C(C(=O)OC)C2N. The molecule has 2 aliphatic carbocycles. The van der Waals surface area contributed by atoms with Gasteiger partial charge in [0.1, 0.15) is 0 Å². The minimum atomic E-state index is -0.166. The van der Waals surface area contributed by atoms with Gasteiger partial charge in [0.2, 0.25) is 0 Å². The molecule has 0 aromatic carbocycles. The van der Waals surface area contributed by atoms with E-state index in [4.69, 9.17) is 10.5 Å². The zero-order chi connectivity index (χ0) is 9.59. The summed E-state index contributed by atoms with van der Waals surface area (Å²) in [5, 5.41) is 0. The number of nitrogens with two attached hydrogens (primary N) is 1. The molecule has 0 aromatic heterocycles. The quantitative estimate of drug-likeness (QED) is 0.478. The van der Waals surface area contributed by atoms with Gasteiger partial charge in [0, 0.05) is 6.04 Å². The van der Waals surface area contributed by atoms with Gasteiger partial charge in [-0.2, -0.15) is 0 Å². The third kappa shape index (κ3) is 1.03. The zero-order valence-electron chi connectivity index (χ0n) is 7.82. The molecule has 3 heteroatoms. The molecule has 0 aliphatic heterocycles. The number of carbonyl (C=O) groups is 1. The van der Waals surface area contributed by atoms with Gasteiger partial charge >= 0.3 is 5.97 Å². The maximum Gasteiger partial charge on any atom is 0.310 e. The first kappa shape index (κ1) is 8.75. The fraction of sp³-hybridized carbons (Fsp3) is 0.700. The van der Waals surface area contributed by atoms with Crippen molar-refractivity contribution in [1.82, 2.24) is 0 Å². The molecular weight excluding hydrogens is 166 g/mol. The summed E-state index contributed by atoms with van der Waals surface area (Å²) in [5.74, 6) is 0.346. The normalized spacial score (nSPS) is 42.5. The van der Waals surface area contributed by atoms with Gasteiger partial charge in [0.15, 0.2) is 0 Å².